The number of benzene rings is 2. The van der Waals surface area contributed by atoms with Crippen LogP contribution in [0.5, 0.6) is 17.2 Å². The Morgan fingerprint density at radius 1 is 1.13 bits per heavy atom. The number of ether oxygens (including phenoxy) is 2. The molecule has 0 saturated heterocycles. The van der Waals surface area contributed by atoms with Crippen LogP contribution in [0, 0.1) is 0 Å². The number of imidazole rings is 1. The highest BCUT2D eigenvalue weighted by Crippen LogP contribution is 2.36. The van der Waals surface area contributed by atoms with Crippen molar-refractivity contribution in [3.8, 4) is 22.2 Å². The number of rotatable bonds is 6. The van der Waals surface area contributed by atoms with Gasteiger partial charge in [0.25, 0.3) is 5.91 Å². The van der Waals surface area contributed by atoms with Crippen LogP contribution < -0.4 is 15.2 Å². The molecule has 0 aliphatic carbocycles. The van der Waals surface area contributed by atoms with E-state index in [0.717, 1.165) is 16.9 Å². The second-order valence-electron chi connectivity index (χ2n) is 6.71. The summed E-state index contributed by atoms with van der Waals surface area (Å²) >= 11 is 1.09. The van der Waals surface area contributed by atoms with Gasteiger partial charge in [-0.05, 0) is 12.0 Å². The molecule has 0 radical (unpaired) electrons. The predicted octanol–water partition coefficient (Wildman–Crippen LogP) is 4.55. The molecule has 4 rings (SSSR count). The number of hydrogen-bond donors (Lipinski definition) is 2. The lowest BCUT2D eigenvalue weighted by Crippen LogP contribution is -2.08. The molecule has 4 aromatic rings. The average Bonchev–Trinajstić information content (AvgIpc) is 3.37. The Labute approximate surface area is 184 Å². The zero-order valence-electron chi connectivity index (χ0n) is 17.7. The number of carbonyl (C=O) groups excluding carboxylic acids is 1. The summed E-state index contributed by atoms with van der Waals surface area (Å²) in [6, 6.07) is 15.6. The van der Waals surface area contributed by atoms with Crippen molar-refractivity contribution in [2.24, 2.45) is 5.73 Å². The Morgan fingerprint density at radius 2 is 1.81 bits per heavy atom. The van der Waals surface area contributed by atoms with Crippen LogP contribution >= 0.6 is 11.3 Å². The van der Waals surface area contributed by atoms with Gasteiger partial charge in [-0.3, -0.25) is 9.36 Å². The fraction of sp³-hybridized carbons (Fsp3) is 0.217. The van der Waals surface area contributed by atoms with Gasteiger partial charge >= 0.3 is 0 Å². The number of nitrogens with zero attached hydrogens (tertiary/aromatic N) is 2. The zero-order chi connectivity index (χ0) is 22.4. The summed E-state index contributed by atoms with van der Waals surface area (Å²) in [5.41, 5.74) is 8.13. The van der Waals surface area contributed by atoms with Crippen LogP contribution in [-0.2, 0) is 6.42 Å². The largest absolute Gasteiger partial charge is 0.506 e. The maximum atomic E-state index is 11.3. The Bertz CT molecular complexity index is 1170. The van der Waals surface area contributed by atoms with E-state index in [-0.39, 0.29) is 10.6 Å². The number of hydrogen-bond acceptors (Lipinski definition) is 6. The van der Waals surface area contributed by atoms with E-state index in [4.69, 9.17) is 15.2 Å². The summed E-state index contributed by atoms with van der Waals surface area (Å²) in [6.07, 6.45) is 4.05. The quantitative estimate of drug-likeness (QED) is 0.459. The summed E-state index contributed by atoms with van der Waals surface area (Å²) in [7, 11) is 3.10. The van der Waals surface area contributed by atoms with Gasteiger partial charge in [0.15, 0.2) is 11.5 Å². The standard InChI is InChI=1S/C14H13N3O4S.C9H12/c1-20-10-3-7-8(4-11(10)21-2)17(6-16-7)12-5-9(18)13(22-12)14(15)19;1-2-6-9-7-4-3-5-8-9/h3-6,18H,1-2H3,(H2,15,19);3-5,7-8H,2,6H2,1H3. The van der Waals surface area contributed by atoms with E-state index in [1.54, 1.807) is 37.2 Å². The molecule has 31 heavy (non-hydrogen) atoms. The van der Waals surface area contributed by atoms with Gasteiger partial charge in [-0.1, -0.05) is 43.7 Å². The minimum atomic E-state index is -0.669. The molecule has 3 N–H and O–H groups in total. The first-order chi connectivity index (χ1) is 15.0. The molecule has 0 bridgehead atoms. The van der Waals surface area contributed by atoms with Crippen molar-refractivity contribution < 1.29 is 19.4 Å². The highest BCUT2D eigenvalue weighted by atomic mass is 32.1. The Morgan fingerprint density at radius 3 is 2.39 bits per heavy atom. The minimum absolute atomic E-state index is 0.109. The van der Waals surface area contributed by atoms with Crippen molar-refractivity contribution in [2.75, 3.05) is 14.2 Å². The number of carbonyl (C=O) groups is 1. The van der Waals surface area contributed by atoms with Crippen LogP contribution in [0.1, 0.15) is 28.6 Å². The van der Waals surface area contributed by atoms with Gasteiger partial charge in [-0.25, -0.2) is 4.98 Å². The number of nitrogens with two attached hydrogens (primary N) is 1. The van der Waals surface area contributed by atoms with Gasteiger partial charge in [0.2, 0.25) is 0 Å². The van der Waals surface area contributed by atoms with Gasteiger partial charge in [0.05, 0.1) is 25.3 Å². The summed E-state index contributed by atoms with van der Waals surface area (Å²) < 4.78 is 12.3. The van der Waals surface area contributed by atoms with Crippen LogP contribution in [0.2, 0.25) is 0 Å². The maximum Gasteiger partial charge on any atom is 0.262 e. The molecule has 162 valence electrons. The number of primary amides is 1. The van der Waals surface area contributed by atoms with Crippen molar-refractivity contribution in [1.29, 1.82) is 0 Å². The monoisotopic (exact) mass is 439 g/mol. The fourth-order valence-electron chi connectivity index (χ4n) is 3.11. The molecule has 2 aromatic carbocycles. The second kappa shape index (κ2) is 9.99. The molecule has 0 aliphatic rings. The van der Waals surface area contributed by atoms with Crippen LogP contribution in [-0.4, -0.2) is 34.8 Å². The molecule has 8 heteroatoms. The van der Waals surface area contributed by atoms with Crippen molar-refractivity contribution >= 4 is 28.3 Å². The molecule has 0 aliphatic heterocycles. The number of thiophene rings is 1. The minimum Gasteiger partial charge on any atom is -0.506 e. The van der Waals surface area contributed by atoms with Crippen LogP contribution in [0.3, 0.4) is 0 Å². The molecule has 0 saturated carbocycles. The number of fused-ring (bicyclic) bond motifs is 1. The Balaban J connectivity index is 0.000000254. The van der Waals surface area contributed by atoms with E-state index in [1.165, 1.54) is 24.5 Å². The van der Waals surface area contributed by atoms with Crippen molar-refractivity contribution in [1.82, 2.24) is 9.55 Å². The maximum absolute atomic E-state index is 11.3. The van der Waals surface area contributed by atoms with Gasteiger partial charge in [0, 0.05) is 18.2 Å². The van der Waals surface area contributed by atoms with Crippen molar-refractivity contribution in [3.05, 3.63) is 65.3 Å². The van der Waals surface area contributed by atoms with Crippen LogP contribution in [0.25, 0.3) is 16.0 Å². The number of aryl methyl sites for hydroxylation is 1. The summed E-state index contributed by atoms with van der Waals surface area (Å²) in [4.78, 5) is 15.7. The molecule has 7 nitrogen and oxygen atoms in total. The molecule has 2 aromatic heterocycles. The van der Waals surface area contributed by atoms with Crippen LogP contribution in [0.4, 0.5) is 0 Å². The van der Waals surface area contributed by atoms with E-state index >= 15 is 0 Å². The Kier molecular flexibility index (Phi) is 7.15. The molecular formula is C23H25N3O4S. The normalized spacial score (nSPS) is 10.4. The predicted molar refractivity (Wildman–Crippen MR) is 123 cm³/mol. The van der Waals surface area contributed by atoms with Crippen molar-refractivity contribution in [2.45, 2.75) is 19.8 Å². The third kappa shape index (κ3) is 4.97. The third-order valence-electron chi connectivity index (χ3n) is 4.59. The number of aromatic nitrogens is 2. The highest BCUT2D eigenvalue weighted by Gasteiger charge is 2.17. The third-order valence-corrected chi connectivity index (χ3v) is 5.73. The van der Waals surface area contributed by atoms with Crippen molar-refractivity contribution in [3.63, 3.8) is 0 Å². The van der Waals surface area contributed by atoms with Gasteiger partial charge in [0.1, 0.15) is 22.0 Å². The average molecular weight is 440 g/mol. The van der Waals surface area contributed by atoms with Gasteiger partial charge < -0.3 is 20.3 Å². The number of aromatic hydroxyl groups is 1. The molecule has 0 unspecified atom stereocenters. The summed E-state index contributed by atoms with van der Waals surface area (Å²) in [5.74, 6) is 0.326. The topological polar surface area (TPSA) is 99.6 Å². The van der Waals surface area contributed by atoms with E-state index in [9.17, 15) is 9.90 Å². The highest BCUT2D eigenvalue weighted by molar-refractivity contribution is 7.16. The zero-order valence-corrected chi connectivity index (χ0v) is 18.5. The van der Waals surface area contributed by atoms with E-state index < -0.39 is 5.91 Å². The summed E-state index contributed by atoms with van der Waals surface area (Å²) in [6.45, 7) is 2.20. The first kappa shape index (κ1) is 22.2. The lowest BCUT2D eigenvalue weighted by molar-refractivity contribution is 0.100. The van der Waals surface area contributed by atoms with E-state index in [2.05, 4.69) is 42.2 Å². The number of methoxy groups -OCH3 is 2. The molecule has 0 spiro atoms. The molecule has 1 amide bonds. The molecule has 0 atom stereocenters. The van der Waals surface area contributed by atoms with E-state index in [0.29, 0.717) is 22.0 Å². The van der Waals surface area contributed by atoms with Gasteiger partial charge in [-0.2, -0.15) is 0 Å². The molecule has 0 fully saturated rings. The number of amides is 1. The fourth-order valence-corrected chi connectivity index (χ4v) is 4.00. The molecule has 2 heterocycles. The smallest absolute Gasteiger partial charge is 0.262 e. The van der Waals surface area contributed by atoms with E-state index in [1.807, 2.05) is 0 Å². The van der Waals surface area contributed by atoms with Gasteiger partial charge in [-0.15, -0.1) is 11.3 Å². The Hall–Kier alpha value is -3.52. The molecular weight excluding hydrogens is 414 g/mol. The second-order valence-corrected chi connectivity index (χ2v) is 7.74. The summed E-state index contributed by atoms with van der Waals surface area (Å²) in [5, 5.41) is 10.4. The first-order valence-corrected chi connectivity index (χ1v) is 10.6. The van der Waals surface area contributed by atoms with Crippen LogP contribution in [0.15, 0.2) is 54.9 Å². The first-order valence-electron chi connectivity index (χ1n) is 9.74. The SMILES string of the molecule is CCCc1ccccc1.COc1cc2ncn(-c3cc(O)c(C(N)=O)s3)c2cc1OC. The lowest BCUT2D eigenvalue weighted by atomic mass is 10.1. The lowest BCUT2D eigenvalue weighted by Gasteiger charge is -2.08.